The summed E-state index contributed by atoms with van der Waals surface area (Å²) in [4.78, 5) is 24.9. The first kappa shape index (κ1) is 15.1. The molecule has 108 valence electrons. The fourth-order valence-corrected chi connectivity index (χ4v) is 2.15. The van der Waals surface area contributed by atoms with E-state index in [1.54, 1.807) is 18.2 Å². The minimum atomic E-state index is -0.136. The van der Waals surface area contributed by atoms with Crippen molar-refractivity contribution in [2.75, 3.05) is 11.4 Å². The van der Waals surface area contributed by atoms with Gasteiger partial charge in [-0.15, -0.1) is 0 Å². The van der Waals surface area contributed by atoms with E-state index < -0.39 is 0 Å². The van der Waals surface area contributed by atoms with E-state index in [4.69, 9.17) is 23.2 Å². The van der Waals surface area contributed by atoms with E-state index in [9.17, 15) is 9.59 Å². The lowest BCUT2D eigenvalue weighted by molar-refractivity contribution is -0.121. The van der Waals surface area contributed by atoms with Gasteiger partial charge < -0.3 is 10.2 Å². The molecule has 0 atom stereocenters. The number of nitrogens with zero attached hydrogens (tertiary/aromatic N) is 1. The molecule has 0 spiro atoms. The molecule has 0 aromatic heterocycles. The lowest BCUT2D eigenvalue weighted by Crippen LogP contribution is -2.34. The van der Waals surface area contributed by atoms with Crippen LogP contribution in [0.25, 0.3) is 0 Å². The largest absolute Gasteiger partial charge is 0.353 e. The van der Waals surface area contributed by atoms with Crippen LogP contribution in [0, 0.1) is 0 Å². The van der Waals surface area contributed by atoms with Gasteiger partial charge in [-0.2, -0.15) is 0 Å². The van der Waals surface area contributed by atoms with Crippen LogP contribution in [0.4, 0.5) is 5.69 Å². The van der Waals surface area contributed by atoms with Crippen LogP contribution in [0.5, 0.6) is 0 Å². The third-order valence-corrected chi connectivity index (χ3v) is 3.84. The van der Waals surface area contributed by atoms with Crippen molar-refractivity contribution in [2.24, 2.45) is 0 Å². The van der Waals surface area contributed by atoms with Gasteiger partial charge >= 0.3 is 0 Å². The fraction of sp³-hybridized carbons (Fsp3) is 0.429. The Hall–Kier alpha value is -1.26. The quantitative estimate of drug-likeness (QED) is 0.908. The monoisotopic (exact) mass is 314 g/mol. The van der Waals surface area contributed by atoms with Gasteiger partial charge in [-0.3, -0.25) is 9.59 Å². The number of nitrogens with one attached hydrogen (secondary N) is 1. The molecular weight excluding hydrogens is 299 g/mol. The maximum absolute atomic E-state index is 11.7. The molecule has 0 aliphatic heterocycles. The maximum atomic E-state index is 11.7. The van der Waals surface area contributed by atoms with Crippen molar-refractivity contribution in [1.82, 2.24) is 5.32 Å². The van der Waals surface area contributed by atoms with Crippen LogP contribution in [-0.2, 0) is 9.59 Å². The average Bonchev–Trinajstić information content (AvgIpc) is 3.17. The fourth-order valence-electron chi connectivity index (χ4n) is 1.86. The molecule has 2 rings (SSSR count). The Morgan fingerprint density at radius 3 is 2.55 bits per heavy atom. The predicted molar refractivity (Wildman–Crippen MR) is 80.3 cm³/mol. The Morgan fingerprint density at radius 1 is 1.30 bits per heavy atom. The number of anilines is 1. The van der Waals surface area contributed by atoms with E-state index in [0.29, 0.717) is 28.3 Å². The molecule has 1 aliphatic rings. The highest BCUT2D eigenvalue weighted by Crippen LogP contribution is 2.27. The summed E-state index contributed by atoms with van der Waals surface area (Å²) in [7, 11) is 0. The van der Waals surface area contributed by atoms with E-state index in [0.717, 1.165) is 12.8 Å². The molecule has 0 radical (unpaired) electrons. The molecule has 6 heteroatoms. The summed E-state index contributed by atoms with van der Waals surface area (Å²) in [6.07, 6.45) is 2.38. The van der Waals surface area contributed by atoms with Gasteiger partial charge in [-0.05, 0) is 31.0 Å². The summed E-state index contributed by atoms with van der Waals surface area (Å²) >= 11 is 11.8. The lowest BCUT2D eigenvalue weighted by atomic mass is 10.2. The molecule has 0 unspecified atom stereocenters. The van der Waals surface area contributed by atoms with Crippen LogP contribution >= 0.6 is 23.2 Å². The number of hydrogen-bond acceptors (Lipinski definition) is 2. The Balaban J connectivity index is 2.00. The third-order valence-electron chi connectivity index (χ3n) is 3.10. The van der Waals surface area contributed by atoms with Gasteiger partial charge in [0.2, 0.25) is 11.8 Å². The van der Waals surface area contributed by atoms with Gasteiger partial charge in [-0.1, -0.05) is 23.2 Å². The summed E-state index contributed by atoms with van der Waals surface area (Å²) in [6, 6.07) is 5.32. The van der Waals surface area contributed by atoms with Crippen LogP contribution in [0.1, 0.15) is 26.2 Å². The van der Waals surface area contributed by atoms with Gasteiger partial charge in [0, 0.05) is 31.6 Å². The number of amides is 2. The molecule has 1 aromatic carbocycles. The van der Waals surface area contributed by atoms with Crippen molar-refractivity contribution in [3.8, 4) is 0 Å². The zero-order chi connectivity index (χ0) is 14.7. The first-order chi connectivity index (χ1) is 9.47. The molecule has 1 N–H and O–H groups in total. The van der Waals surface area contributed by atoms with Crippen molar-refractivity contribution in [3.63, 3.8) is 0 Å². The second-order valence-corrected chi connectivity index (χ2v) is 5.68. The Morgan fingerprint density at radius 2 is 2.00 bits per heavy atom. The number of benzene rings is 1. The van der Waals surface area contributed by atoms with E-state index in [1.807, 2.05) is 0 Å². The maximum Gasteiger partial charge on any atom is 0.223 e. The topological polar surface area (TPSA) is 49.4 Å². The van der Waals surface area contributed by atoms with Gasteiger partial charge in [0.05, 0.1) is 10.0 Å². The number of rotatable bonds is 5. The Kier molecular flexibility index (Phi) is 4.89. The minimum Gasteiger partial charge on any atom is -0.353 e. The second kappa shape index (κ2) is 6.46. The SMILES string of the molecule is CC(=O)N(CCC(=O)NC1CC1)c1ccc(Cl)c(Cl)c1. The van der Waals surface area contributed by atoms with Crippen LogP contribution in [0.2, 0.25) is 10.0 Å². The highest BCUT2D eigenvalue weighted by atomic mass is 35.5. The molecule has 0 saturated heterocycles. The van der Waals surface area contributed by atoms with Crippen molar-refractivity contribution in [1.29, 1.82) is 0 Å². The highest BCUT2D eigenvalue weighted by Gasteiger charge is 2.23. The van der Waals surface area contributed by atoms with Crippen molar-refractivity contribution in [2.45, 2.75) is 32.2 Å². The summed E-state index contributed by atoms with van der Waals surface area (Å²) in [6.45, 7) is 1.78. The number of halogens is 2. The summed E-state index contributed by atoms with van der Waals surface area (Å²) in [5.41, 5.74) is 0.645. The highest BCUT2D eigenvalue weighted by molar-refractivity contribution is 6.42. The Bertz CT molecular complexity index is 530. The molecule has 20 heavy (non-hydrogen) atoms. The summed E-state index contributed by atoms with van der Waals surface area (Å²) in [5.74, 6) is -0.165. The normalized spacial score (nSPS) is 13.9. The zero-order valence-electron chi connectivity index (χ0n) is 11.2. The van der Waals surface area contributed by atoms with Gasteiger partial charge in [-0.25, -0.2) is 0 Å². The van der Waals surface area contributed by atoms with Crippen LogP contribution < -0.4 is 10.2 Å². The molecule has 2 amide bonds. The molecule has 1 aromatic rings. The molecule has 1 aliphatic carbocycles. The van der Waals surface area contributed by atoms with Crippen LogP contribution in [0.15, 0.2) is 18.2 Å². The van der Waals surface area contributed by atoms with Crippen LogP contribution in [-0.4, -0.2) is 24.4 Å². The first-order valence-corrected chi connectivity index (χ1v) is 7.25. The van der Waals surface area contributed by atoms with Crippen LogP contribution in [0.3, 0.4) is 0 Å². The smallest absolute Gasteiger partial charge is 0.223 e. The van der Waals surface area contributed by atoms with Gasteiger partial charge in [0.25, 0.3) is 0 Å². The number of carbonyl (C=O) groups is 2. The summed E-state index contributed by atoms with van der Waals surface area (Å²) in [5, 5.41) is 3.72. The van der Waals surface area contributed by atoms with E-state index in [1.165, 1.54) is 11.8 Å². The van der Waals surface area contributed by atoms with Gasteiger partial charge in [0.1, 0.15) is 0 Å². The van der Waals surface area contributed by atoms with Crippen molar-refractivity contribution >= 4 is 40.7 Å². The average molecular weight is 315 g/mol. The molecule has 4 nitrogen and oxygen atoms in total. The Labute approximate surface area is 128 Å². The number of hydrogen-bond donors (Lipinski definition) is 1. The minimum absolute atomic E-state index is 0.0289. The molecule has 0 bridgehead atoms. The van der Waals surface area contributed by atoms with E-state index >= 15 is 0 Å². The zero-order valence-corrected chi connectivity index (χ0v) is 12.7. The number of carbonyl (C=O) groups excluding carboxylic acids is 2. The second-order valence-electron chi connectivity index (χ2n) is 4.86. The van der Waals surface area contributed by atoms with E-state index in [2.05, 4.69) is 5.32 Å². The molecular formula is C14H16Cl2N2O2. The first-order valence-electron chi connectivity index (χ1n) is 6.50. The van der Waals surface area contributed by atoms with Crippen molar-refractivity contribution < 1.29 is 9.59 Å². The van der Waals surface area contributed by atoms with Gasteiger partial charge in [0.15, 0.2) is 0 Å². The summed E-state index contributed by atoms with van der Waals surface area (Å²) < 4.78 is 0. The standard InChI is InChI=1S/C14H16Cl2N2O2/c1-9(19)18(7-6-14(20)17-10-2-3-10)11-4-5-12(15)13(16)8-11/h4-5,8,10H,2-3,6-7H2,1H3,(H,17,20). The van der Waals surface area contributed by atoms with Crippen molar-refractivity contribution in [3.05, 3.63) is 28.2 Å². The molecule has 1 saturated carbocycles. The van der Waals surface area contributed by atoms with E-state index in [-0.39, 0.29) is 18.2 Å². The molecule has 0 heterocycles. The lowest BCUT2D eigenvalue weighted by Gasteiger charge is -2.21. The molecule has 1 fully saturated rings. The third kappa shape index (κ3) is 4.12. The predicted octanol–water partition coefficient (Wildman–Crippen LogP) is 3.02.